The van der Waals surface area contributed by atoms with Crippen molar-refractivity contribution in [3.8, 4) is 0 Å². The average molecular weight is 304 g/mol. The van der Waals surface area contributed by atoms with Crippen molar-refractivity contribution in [1.29, 1.82) is 0 Å². The number of amides is 1. The number of aryl methyl sites for hydroxylation is 1. The van der Waals surface area contributed by atoms with Gasteiger partial charge in [0, 0.05) is 25.2 Å². The molecule has 0 aliphatic rings. The zero-order chi connectivity index (χ0) is 16.5. The Morgan fingerprint density at radius 3 is 2.73 bits per heavy atom. The van der Waals surface area contributed by atoms with Crippen LogP contribution in [0.15, 0.2) is 18.6 Å². The van der Waals surface area contributed by atoms with Crippen LogP contribution in [0.4, 0.5) is 0 Å². The van der Waals surface area contributed by atoms with Gasteiger partial charge >= 0.3 is 0 Å². The highest BCUT2D eigenvalue weighted by Gasteiger charge is 2.30. The van der Waals surface area contributed by atoms with Crippen LogP contribution in [0.3, 0.4) is 0 Å². The Bertz CT molecular complexity index is 676. The van der Waals surface area contributed by atoms with E-state index in [0.717, 1.165) is 5.65 Å². The first-order chi connectivity index (χ1) is 10.2. The van der Waals surface area contributed by atoms with E-state index < -0.39 is 11.5 Å². The minimum absolute atomic E-state index is 0.137. The zero-order valence-corrected chi connectivity index (χ0v) is 13.8. The highest BCUT2D eigenvalue weighted by atomic mass is 16.3. The Labute approximate surface area is 130 Å². The number of nitrogens with zero attached hydrogens (tertiary/aromatic N) is 3. The summed E-state index contributed by atoms with van der Waals surface area (Å²) in [5, 5.41) is 13.1. The van der Waals surface area contributed by atoms with Gasteiger partial charge in [-0.05, 0) is 12.0 Å². The lowest BCUT2D eigenvalue weighted by molar-refractivity contribution is 0.0138. The third-order valence-electron chi connectivity index (χ3n) is 3.95. The molecule has 6 heteroatoms. The number of aromatic nitrogens is 3. The Kier molecular flexibility index (Phi) is 4.51. The summed E-state index contributed by atoms with van der Waals surface area (Å²) in [6, 6.07) is 1.73. The van der Waals surface area contributed by atoms with E-state index in [4.69, 9.17) is 0 Å². The summed E-state index contributed by atoms with van der Waals surface area (Å²) < 4.78 is 1.80. The molecular formula is C16H24N4O2. The van der Waals surface area contributed by atoms with Gasteiger partial charge in [0.15, 0.2) is 5.65 Å². The molecule has 2 rings (SSSR count). The van der Waals surface area contributed by atoms with Crippen molar-refractivity contribution in [3.05, 3.63) is 24.2 Å². The lowest BCUT2D eigenvalue weighted by Crippen LogP contribution is -2.43. The van der Waals surface area contributed by atoms with E-state index >= 15 is 0 Å². The highest BCUT2D eigenvalue weighted by Crippen LogP contribution is 2.25. The normalized spacial score (nSPS) is 13.6. The summed E-state index contributed by atoms with van der Waals surface area (Å²) in [6.07, 6.45) is 2.73. The molecule has 120 valence electrons. The number of hydrogen-bond acceptors (Lipinski definition) is 4. The topological polar surface area (TPSA) is 80.0 Å². The van der Waals surface area contributed by atoms with Crippen LogP contribution in [-0.2, 0) is 7.05 Å². The largest absolute Gasteiger partial charge is 0.392 e. The Balaban J connectivity index is 2.08. The maximum atomic E-state index is 12.3. The summed E-state index contributed by atoms with van der Waals surface area (Å²) in [5.41, 5.74) is 1.51. The van der Waals surface area contributed by atoms with Crippen molar-refractivity contribution in [1.82, 2.24) is 19.9 Å². The molecule has 0 saturated carbocycles. The summed E-state index contributed by atoms with van der Waals surface area (Å²) in [5.74, 6) is -0.0671. The number of imidazole rings is 1. The predicted molar refractivity (Wildman–Crippen MR) is 85.5 cm³/mol. The number of carbonyl (C=O) groups is 1. The van der Waals surface area contributed by atoms with Gasteiger partial charge in [0.1, 0.15) is 5.52 Å². The van der Waals surface area contributed by atoms with Crippen LogP contribution in [0.25, 0.3) is 11.2 Å². The molecule has 22 heavy (non-hydrogen) atoms. The molecule has 0 radical (unpaired) electrons. The van der Waals surface area contributed by atoms with Crippen molar-refractivity contribution < 1.29 is 9.90 Å². The van der Waals surface area contributed by atoms with Crippen LogP contribution in [0.1, 0.15) is 38.1 Å². The minimum atomic E-state index is -0.482. The standard InChI is InChI=1S/C16H24N4O2/c1-10(2)13(21)16(3,4)8-18-15(22)11-6-12-14(17-7-11)20(5)9-19-12/h6-7,9-10,13,21H,8H2,1-5H3,(H,18,22). The molecule has 0 spiro atoms. The Morgan fingerprint density at radius 1 is 1.41 bits per heavy atom. The molecule has 1 amide bonds. The number of pyridine rings is 1. The Hall–Kier alpha value is -1.95. The van der Waals surface area contributed by atoms with Crippen molar-refractivity contribution in [2.45, 2.75) is 33.8 Å². The van der Waals surface area contributed by atoms with E-state index in [-0.39, 0.29) is 11.8 Å². The summed E-state index contributed by atoms with van der Waals surface area (Å²) >= 11 is 0. The fourth-order valence-corrected chi connectivity index (χ4v) is 2.56. The molecule has 0 aliphatic carbocycles. The first kappa shape index (κ1) is 16.4. The molecule has 0 aliphatic heterocycles. The van der Waals surface area contributed by atoms with Gasteiger partial charge in [-0.1, -0.05) is 27.7 Å². The fourth-order valence-electron chi connectivity index (χ4n) is 2.56. The second-order valence-electron chi connectivity index (χ2n) is 6.78. The highest BCUT2D eigenvalue weighted by molar-refractivity contribution is 5.96. The van der Waals surface area contributed by atoms with Gasteiger partial charge in [-0.3, -0.25) is 4.79 Å². The van der Waals surface area contributed by atoms with E-state index in [1.54, 1.807) is 23.2 Å². The molecule has 0 bridgehead atoms. The number of carbonyl (C=O) groups excluding carboxylic acids is 1. The van der Waals surface area contributed by atoms with Crippen molar-refractivity contribution in [3.63, 3.8) is 0 Å². The monoisotopic (exact) mass is 304 g/mol. The first-order valence-corrected chi connectivity index (χ1v) is 7.45. The minimum Gasteiger partial charge on any atom is -0.392 e. The lowest BCUT2D eigenvalue weighted by atomic mass is 9.80. The summed E-state index contributed by atoms with van der Waals surface area (Å²) in [6.45, 7) is 8.21. The molecule has 2 heterocycles. The molecule has 2 aromatic rings. The maximum absolute atomic E-state index is 12.3. The van der Waals surface area contributed by atoms with E-state index in [0.29, 0.717) is 17.6 Å². The van der Waals surface area contributed by atoms with Crippen molar-refractivity contribution in [2.75, 3.05) is 6.54 Å². The quantitative estimate of drug-likeness (QED) is 0.882. The van der Waals surface area contributed by atoms with Gasteiger partial charge < -0.3 is 15.0 Å². The third-order valence-corrected chi connectivity index (χ3v) is 3.95. The van der Waals surface area contributed by atoms with Gasteiger partial charge in [0.2, 0.25) is 0 Å². The average Bonchev–Trinajstić information content (AvgIpc) is 2.84. The third kappa shape index (κ3) is 3.27. The maximum Gasteiger partial charge on any atom is 0.252 e. The molecule has 0 fully saturated rings. The number of aliphatic hydroxyl groups is 1. The number of fused-ring (bicyclic) bond motifs is 1. The Morgan fingerprint density at radius 2 is 2.09 bits per heavy atom. The van der Waals surface area contributed by atoms with Gasteiger partial charge in [-0.25, -0.2) is 9.97 Å². The van der Waals surface area contributed by atoms with Crippen LogP contribution in [0, 0.1) is 11.3 Å². The summed E-state index contributed by atoms with van der Waals surface area (Å²) in [4.78, 5) is 20.7. The molecule has 1 unspecified atom stereocenters. The second-order valence-corrected chi connectivity index (χ2v) is 6.78. The molecule has 0 aromatic carbocycles. The van der Waals surface area contributed by atoms with Gasteiger partial charge in [-0.15, -0.1) is 0 Å². The zero-order valence-electron chi connectivity index (χ0n) is 13.8. The van der Waals surface area contributed by atoms with Crippen LogP contribution < -0.4 is 5.32 Å². The molecular weight excluding hydrogens is 280 g/mol. The molecule has 6 nitrogen and oxygen atoms in total. The second kappa shape index (κ2) is 6.04. The molecule has 1 atom stereocenters. The van der Waals surface area contributed by atoms with Crippen LogP contribution in [0.5, 0.6) is 0 Å². The number of nitrogens with one attached hydrogen (secondary N) is 1. The van der Waals surface area contributed by atoms with Crippen LogP contribution in [0.2, 0.25) is 0 Å². The SMILES string of the molecule is CC(C)C(O)C(C)(C)CNC(=O)c1cnc2c(c1)ncn2C. The number of aliphatic hydroxyl groups excluding tert-OH is 1. The fraction of sp³-hybridized carbons (Fsp3) is 0.562. The van der Waals surface area contributed by atoms with E-state index in [1.165, 1.54) is 0 Å². The van der Waals surface area contributed by atoms with Crippen LogP contribution >= 0.6 is 0 Å². The predicted octanol–water partition coefficient (Wildman–Crippen LogP) is 1.74. The number of hydrogen-bond donors (Lipinski definition) is 2. The van der Waals surface area contributed by atoms with Crippen molar-refractivity contribution in [2.24, 2.45) is 18.4 Å². The lowest BCUT2D eigenvalue weighted by Gasteiger charge is -2.33. The van der Waals surface area contributed by atoms with Gasteiger partial charge in [-0.2, -0.15) is 0 Å². The van der Waals surface area contributed by atoms with E-state index in [9.17, 15) is 9.90 Å². The molecule has 0 saturated heterocycles. The first-order valence-electron chi connectivity index (χ1n) is 7.45. The van der Waals surface area contributed by atoms with E-state index in [2.05, 4.69) is 15.3 Å². The molecule has 2 N–H and O–H groups in total. The van der Waals surface area contributed by atoms with Crippen LogP contribution in [-0.4, -0.2) is 38.2 Å². The van der Waals surface area contributed by atoms with Gasteiger partial charge in [0.05, 0.1) is 18.0 Å². The van der Waals surface area contributed by atoms with Gasteiger partial charge in [0.25, 0.3) is 5.91 Å². The smallest absolute Gasteiger partial charge is 0.252 e. The van der Waals surface area contributed by atoms with Crippen molar-refractivity contribution >= 4 is 17.1 Å². The van der Waals surface area contributed by atoms with E-state index in [1.807, 2.05) is 34.7 Å². The number of rotatable bonds is 5. The molecule has 2 aromatic heterocycles. The summed E-state index contributed by atoms with van der Waals surface area (Å²) in [7, 11) is 1.86.